The van der Waals surface area contributed by atoms with E-state index in [-0.39, 0.29) is 0 Å². The van der Waals surface area contributed by atoms with Crippen LogP contribution in [-0.4, -0.2) is 24.1 Å². The summed E-state index contributed by atoms with van der Waals surface area (Å²) in [5.41, 5.74) is 3.20. The van der Waals surface area contributed by atoms with Crippen molar-refractivity contribution in [2.75, 3.05) is 19.5 Å². The summed E-state index contributed by atoms with van der Waals surface area (Å²) in [6, 6.07) is 10.3. The second-order valence-corrected chi connectivity index (χ2v) is 5.03. The number of anilines is 1. The van der Waals surface area contributed by atoms with E-state index >= 15 is 0 Å². The summed E-state index contributed by atoms with van der Waals surface area (Å²) in [5, 5.41) is 3.06. The van der Waals surface area contributed by atoms with Crippen LogP contribution in [0.25, 0.3) is 11.4 Å². The van der Waals surface area contributed by atoms with Gasteiger partial charge >= 0.3 is 0 Å². The molecule has 0 aliphatic carbocycles. The first kappa shape index (κ1) is 14.5. The summed E-state index contributed by atoms with van der Waals surface area (Å²) < 4.78 is 5.15. The van der Waals surface area contributed by atoms with Crippen LogP contribution in [0, 0.1) is 0 Å². The molecule has 2 rings (SSSR count). The Morgan fingerprint density at radius 3 is 2.40 bits per heavy atom. The van der Waals surface area contributed by atoms with Crippen LogP contribution < -0.4 is 5.32 Å². The van der Waals surface area contributed by atoms with Gasteiger partial charge in [-0.2, -0.15) is 0 Å². The third kappa shape index (κ3) is 3.33. The first-order valence-electron chi connectivity index (χ1n) is 6.79. The molecule has 1 aromatic heterocycles. The zero-order chi connectivity index (χ0) is 14.5. The Labute approximate surface area is 120 Å². The van der Waals surface area contributed by atoms with Gasteiger partial charge in [-0.25, -0.2) is 9.97 Å². The molecule has 0 spiro atoms. The topological polar surface area (TPSA) is 47.0 Å². The van der Waals surface area contributed by atoms with E-state index in [0.717, 1.165) is 22.9 Å². The standard InChI is InChI=1S/C16H21N3O/c1-11(2)12-5-7-13(8-6-12)16-18-14(10-20-4)9-15(17-3)19-16/h5-9,11H,10H2,1-4H3,(H,17,18,19). The van der Waals surface area contributed by atoms with E-state index < -0.39 is 0 Å². The Hall–Kier alpha value is -1.94. The number of hydrogen-bond donors (Lipinski definition) is 1. The molecule has 0 bridgehead atoms. The second kappa shape index (κ2) is 6.48. The van der Waals surface area contributed by atoms with Gasteiger partial charge in [0.25, 0.3) is 0 Å². The second-order valence-electron chi connectivity index (χ2n) is 5.03. The summed E-state index contributed by atoms with van der Waals surface area (Å²) in [4.78, 5) is 9.04. The van der Waals surface area contributed by atoms with E-state index in [4.69, 9.17) is 4.74 Å². The Morgan fingerprint density at radius 1 is 1.15 bits per heavy atom. The van der Waals surface area contributed by atoms with Crippen molar-refractivity contribution in [3.05, 3.63) is 41.6 Å². The summed E-state index contributed by atoms with van der Waals surface area (Å²) in [5.74, 6) is 2.05. The number of rotatable bonds is 5. The third-order valence-electron chi connectivity index (χ3n) is 3.16. The van der Waals surface area contributed by atoms with Gasteiger partial charge in [-0.1, -0.05) is 38.1 Å². The predicted molar refractivity (Wildman–Crippen MR) is 81.8 cm³/mol. The van der Waals surface area contributed by atoms with Crippen molar-refractivity contribution in [2.24, 2.45) is 0 Å². The Bertz CT molecular complexity index is 564. The fourth-order valence-corrected chi connectivity index (χ4v) is 1.99. The predicted octanol–water partition coefficient (Wildman–Crippen LogP) is 3.46. The highest BCUT2D eigenvalue weighted by molar-refractivity contribution is 5.58. The van der Waals surface area contributed by atoms with Crippen LogP contribution in [0.1, 0.15) is 31.0 Å². The van der Waals surface area contributed by atoms with Crippen LogP contribution in [-0.2, 0) is 11.3 Å². The van der Waals surface area contributed by atoms with Crippen LogP contribution in [0.2, 0.25) is 0 Å². The fourth-order valence-electron chi connectivity index (χ4n) is 1.99. The molecule has 4 nitrogen and oxygen atoms in total. The van der Waals surface area contributed by atoms with Gasteiger partial charge in [0.05, 0.1) is 12.3 Å². The number of benzene rings is 1. The van der Waals surface area contributed by atoms with Gasteiger partial charge in [0.15, 0.2) is 5.82 Å². The maximum atomic E-state index is 5.15. The quantitative estimate of drug-likeness (QED) is 0.904. The summed E-state index contributed by atoms with van der Waals surface area (Å²) in [7, 11) is 3.52. The highest BCUT2D eigenvalue weighted by atomic mass is 16.5. The number of nitrogens with zero attached hydrogens (tertiary/aromatic N) is 2. The summed E-state index contributed by atoms with van der Waals surface area (Å²) in [6.07, 6.45) is 0. The number of ether oxygens (including phenoxy) is 1. The van der Waals surface area contributed by atoms with Crippen LogP contribution in [0.4, 0.5) is 5.82 Å². The van der Waals surface area contributed by atoms with Gasteiger partial charge in [-0.3, -0.25) is 0 Å². The molecule has 0 aliphatic heterocycles. The molecule has 106 valence electrons. The molecule has 4 heteroatoms. The minimum absolute atomic E-state index is 0.480. The van der Waals surface area contributed by atoms with E-state index in [1.807, 2.05) is 13.1 Å². The number of hydrogen-bond acceptors (Lipinski definition) is 4. The lowest BCUT2D eigenvalue weighted by Crippen LogP contribution is -2.02. The lowest BCUT2D eigenvalue weighted by molar-refractivity contribution is 0.181. The highest BCUT2D eigenvalue weighted by Crippen LogP contribution is 2.21. The smallest absolute Gasteiger partial charge is 0.161 e. The lowest BCUT2D eigenvalue weighted by Gasteiger charge is -2.09. The van der Waals surface area contributed by atoms with Crippen molar-refractivity contribution in [2.45, 2.75) is 26.4 Å². The first-order chi connectivity index (χ1) is 9.63. The van der Waals surface area contributed by atoms with Crippen molar-refractivity contribution in [1.82, 2.24) is 9.97 Å². The molecule has 1 heterocycles. The third-order valence-corrected chi connectivity index (χ3v) is 3.16. The molecule has 0 aliphatic rings. The van der Waals surface area contributed by atoms with E-state index in [1.54, 1.807) is 7.11 Å². The average Bonchev–Trinajstić information content (AvgIpc) is 2.47. The van der Waals surface area contributed by atoms with E-state index in [0.29, 0.717) is 12.5 Å². The van der Waals surface area contributed by atoms with Gasteiger partial charge in [0, 0.05) is 25.8 Å². The maximum Gasteiger partial charge on any atom is 0.161 e. The van der Waals surface area contributed by atoms with Gasteiger partial charge in [0.1, 0.15) is 5.82 Å². The molecule has 1 N–H and O–H groups in total. The Morgan fingerprint density at radius 2 is 1.85 bits per heavy atom. The number of aromatic nitrogens is 2. The van der Waals surface area contributed by atoms with Crippen LogP contribution in [0.3, 0.4) is 0 Å². The Kier molecular flexibility index (Phi) is 4.69. The van der Waals surface area contributed by atoms with Gasteiger partial charge in [0.2, 0.25) is 0 Å². The van der Waals surface area contributed by atoms with Crippen molar-refractivity contribution in [3.8, 4) is 11.4 Å². The molecule has 0 amide bonds. The monoisotopic (exact) mass is 271 g/mol. The van der Waals surface area contributed by atoms with Gasteiger partial charge < -0.3 is 10.1 Å². The SMILES string of the molecule is CNc1cc(COC)nc(-c2ccc(C(C)C)cc2)n1. The molecule has 1 aromatic carbocycles. The minimum atomic E-state index is 0.480. The van der Waals surface area contributed by atoms with E-state index in [1.165, 1.54) is 5.56 Å². The van der Waals surface area contributed by atoms with Crippen LogP contribution >= 0.6 is 0 Å². The lowest BCUT2D eigenvalue weighted by atomic mass is 10.0. The van der Waals surface area contributed by atoms with Crippen molar-refractivity contribution < 1.29 is 4.74 Å². The molecule has 0 saturated heterocycles. The molecular formula is C16H21N3O. The fraction of sp³-hybridized carbons (Fsp3) is 0.375. The summed E-state index contributed by atoms with van der Waals surface area (Å²) >= 11 is 0. The van der Waals surface area contributed by atoms with Crippen molar-refractivity contribution in [3.63, 3.8) is 0 Å². The maximum absolute atomic E-state index is 5.15. The molecule has 20 heavy (non-hydrogen) atoms. The number of methoxy groups -OCH3 is 1. The van der Waals surface area contributed by atoms with Crippen molar-refractivity contribution in [1.29, 1.82) is 0 Å². The molecule has 0 radical (unpaired) electrons. The normalized spacial score (nSPS) is 10.8. The van der Waals surface area contributed by atoms with E-state index in [9.17, 15) is 0 Å². The number of nitrogens with one attached hydrogen (secondary N) is 1. The molecule has 0 atom stereocenters. The van der Waals surface area contributed by atoms with Crippen LogP contribution in [0.15, 0.2) is 30.3 Å². The zero-order valence-electron chi connectivity index (χ0n) is 12.5. The van der Waals surface area contributed by atoms with Gasteiger partial charge in [-0.15, -0.1) is 0 Å². The Balaban J connectivity index is 2.37. The minimum Gasteiger partial charge on any atom is -0.378 e. The van der Waals surface area contributed by atoms with E-state index in [2.05, 4.69) is 53.4 Å². The summed E-state index contributed by atoms with van der Waals surface area (Å²) in [6.45, 7) is 4.85. The average molecular weight is 271 g/mol. The highest BCUT2D eigenvalue weighted by Gasteiger charge is 2.07. The first-order valence-corrected chi connectivity index (χ1v) is 6.79. The molecular weight excluding hydrogens is 250 g/mol. The molecule has 0 fully saturated rings. The largest absolute Gasteiger partial charge is 0.378 e. The van der Waals surface area contributed by atoms with Gasteiger partial charge in [-0.05, 0) is 11.5 Å². The van der Waals surface area contributed by atoms with Crippen molar-refractivity contribution >= 4 is 5.82 Å². The zero-order valence-corrected chi connectivity index (χ0v) is 12.5. The molecule has 0 unspecified atom stereocenters. The molecule has 0 saturated carbocycles. The van der Waals surface area contributed by atoms with Crippen LogP contribution in [0.5, 0.6) is 0 Å². The molecule has 2 aromatic rings.